The van der Waals surface area contributed by atoms with E-state index in [1.165, 1.54) is 6.07 Å². The first-order valence-electron chi connectivity index (χ1n) is 6.43. The molecule has 0 atom stereocenters. The average molecular weight is 288 g/mol. The Hall–Kier alpha value is -2.60. The molecule has 0 radical (unpaired) electrons. The fraction of sp³-hybridized carbons (Fsp3) is 0.200. The summed E-state index contributed by atoms with van der Waals surface area (Å²) in [6, 6.07) is 11.4. The Kier molecular flexibility index (Phi) is 4.73. The van der Waals surface area contributed by atoms with Gasteiger partial charge in [0.2, 0.25) is 0 Å². The van der Waals surface area contributed by atoms with Gasteiger partial charge in [-0.2, -0.15) is 0 Å². The summed E-state index contributed by atoms with van der Waals surface area (Å²) in [5.74, 6) is 0.352. The number of nitro groups is 1. The van der Waals surface area contributed by atoms with Crippen molar-refractivity contribution in [3.05, 3.63) is 63.7 Å². The summed E-state index contributed by atoms with van der Waals surface area (Å²) in [5, 5.41) is 23.4. The van der Waals surface area contributed by atoms with Crippen LogP contribution in [0.1, 0.15) is 11.1 Å². The van der Waals surface area contributed by atoms with Gasteiger partial charge in [0.1, 0.15) is 12.4 Å². The molecule has 0 saturated heterocycles. The van der Waals surface area contributed by atoms with Crippen LogP contribution < -0.4 is 10.1 Å². The Morgan fingerprint density at radius 1 is 1.24 bits per heavy atom. The van der Waals surface area contributed by atoms with Gasteiger partial charge in [-0.25, -0.2) is 0 Å². The number of nitro benzene ring substituents is 1. The highest BCUT2D eigenvalue weighted by molar-refractivity contribution is 5.48. The third-order valence-corrected chi connectivity index (χ3v) is 2.91. The molecule has 2 N–H and O–H groups in total. The fourth-order valence-electron chi connectivity index (χ4n) is 1.95. The number of hydrogen-bond donors (Lipinski definition) is 2. The van der Waals surface area contributed by atoms with Crippen molar-refractivity contribution in [2.75, 3.05) is 7.05 Å². The fourth-order valence-corrected chi connectivity index (χ4v) is 1.95. The standard InChI is InChI=1S/C15H16N2O4/c1-16-9-11-5-6-14(17(19)20)15(8-11)21-10-12-3-2-4-13(18)7-12/h2-8,16,18H,9-10H2,1H3. The zero-order valence-electron chi connectivity index (χ0n) is 11.6. The Morgan fingerprint density at radius 3 is 2.71 bits per heavy atom. The second-order valence-corrected chi connectivity index (χ2v) is 4.55. The number of ether oxygens (including phenoxy) is 1. The summed E-state index contributed by atoms with van der Waals surface area (Å²) in [5.41, 5.74) is 1.56. The van der Waals surface area contributed by atoms with E-state index in [4.69, 9.17) is 4.74 Å². The summed E-state index contributed by atoms with van der Waals surface area (Å²) >= 11 is 0. The molecule has 0 amide bonds. The molecule has 0 spiro atoms. The first kappa shape index (κ1) is 14.8. The van der Waals surface area contributed by atoms with Crippen molar-refractivity contribution >= 4 is 5.69 Å². The summed E-state index contributed by atoms with van der Waals surface area (Å²) in [7, 11) is 1.80. The van der Waals surface area contributed by atoms with Gasteiger partial charge in [0, 0.05) is 12.6 Å². The van der Waals surface area contributed by atoms with Crippen LogP contribution in [0.2, 0.25) is 0 Å². The second kappa shape index (κ2) is 6.71. The van der Waals surface area contributed by atoms with Gasteiger partial charge in [-0.1, -0.05) is 18.2 Å². The minimum absolute atomic E-state index is 0.0741. The third-order valence-electron chi connectivity index (χ3n) is 2.91. The molecule has 6 nitrogen and oxygen atoms in total. The highest BCUT2D eigenvalue weighted by Gasteiger charge is 2.15. The zero-order valence-corrected chi connectivity index (χ0v) is 11.6. The molecule has 2 aromatic rings. The quantitative estimate of drug-likeness (QED) is 0.630. The van der Waals surface area contributed by atoms with Gasteiger partial charge < -0.3 is 15.2 Å². The second-order valence-electron chi connectivity index (χ2n) is 4.55. The number of phenols is 1. The molecule has 0 unspecified atom stereocenters. The van der Waals surface area contributed by atoms with Crippen molar-refractivity contribution in [3.8, 4) is 11.5 Å². The topological polar surface area (TPSA) is 84.6 Å². The maximum absolute atomic E-state index is 11.0. The first-order valence-corrected chi connectivity index (χ1v) is 6.43. The van der Waals surface area contributed by atoms with Gasteiger partial charge in [-0.15, -0.1) is 0 Å². The molecule has 0 heterocycles. The average Bonchev–Trinajstić information content (AvgIpc) is 2.45. The Bertz CT molecular complexity index is 643. The molecule has 0 aliphatic rings. The van der Waals surface area contributed by atoms with E-state index < -0.39 is 4.92 Å². The highest BCUT2D eigenvalue weighted by atomic mass is 16.6. The highest BCUT2D eigenvalue weighted by Crippen LogP contribution is 2.29. The van der Waals surface area contributed by atoms with Crippen LogP contribution in [-0.2, 0) is 13.2 Å². The van der Waals surface area contributed by atoms with Crippen LogP contribution in [0.15, 0.2) is 42.5 Å². The lowest BCUT2D eigenvalue weighted by Crippen LogP contribution is -2.06. The van der Waals surface area contributed by atoms with Crippen molar-refractivity contribution in [1.82, 2.24) is 5.32 Å². The Morgan fingerprint density at radius 2 is 2.05 bits per heavy atom. The zero-order chi connectivity index (χ0) is 15.2. The van der Waals surface area contributed by atoms with E-state index in [2.05, 4.69) is 5.32 Å². The van der Waals surface area contributed by atoms with Gasteiger partial charge in [0.25, 0.3) is 0 Å². The van der Waals surface area contributed by atoms with Crippen molar-refractivity contribution in [3.63, 3.8) is 0 Å². The number of nitrogens with zero attached hydrogens (tertiary/aromatic N) is 1. The predicted octanol–water partition coefficient (Wildman–Crippen LogP) is 2.60. The van der Waals surface area contributed by atoms with E-state index >= 15 is 0 Å². The van der Waals surface area contributed by atoms with Crippen LogP contribution in [0.4, 0.5) is 5.69 Å². The smallest absolute Gasteiger partial charge is 0.310 e. The van der Waals surface area contributed by atoms with Crippen LogP contribution in [0.25, 0.3) is 0 Å². The number of rotatable bonds is 6. The number of hydrogen-bond acceptors (Lipinski definition) is 5. The lowest BCUT2D eigenvalue weighted by molar-refractivity contribution is -0.386. The molecule has 2 rings (SSSR count). The van der Waals surface area contributed by atoms with E-state index in [1.807, 2.05) is 0 Å². The van der Waals surface area contributed by atoms with Gasteiger partial charge in [-0.3, -0.25) is 10.1 Å². The van der Waals surface area contributed by atoms with Crippen LogP contribution >= 0.6 is 0 Å². The molecule has 2 aromatic carbocycles. The summed E-state index contributed by atoms with van der Waals surface area (Å²) in [4.78, 5) is 10.6. The van der Waals surface area contributed by atoms with E-state index in [0.29, 0.717) is 6.54 Å². The normalized spacial score (nSPS) is 10.3. The number of aromatic hydroxyl groups is 1. The number of nitrogens with one attached hydrogen (secondary N) is 1. The third kappa shape index (κ3) is 3.93. The lowest BCUT2D eigenvalue weighted by atomic mass is 10.2. The molecule has 21 heavy (non-hydrogen) atoms. The largest absolute Gasteiger partial charge is 0.508 e. The monoisotopic (exact) mass is 288 g/mol. The molecule has 0 aliphatic heterocycles. The molecule has 0 aliphatic carbocycles. The van der Waals surface area contributed by atoms with Crippen molar-refractivity contribution < 1.29 is 14.8 Å². The maximum Gasteiger partial charge on any atom is 0.310 e. The van der Waals surface area contributed by atoms with E-state index in [-0.39, 0.29) is 23.8 Å². The lowest BCUT2D eigenvalue weighted by Gasteiger charge is -2.09. The molecular formula is C15H16N2O4. The molecular weight excluding hydrogens is 272 g/mol. The molecule has 0 saturated carbocycles. The minimum atomic E-state index is -0.471. The van der Waals surface area contributed by atoms with Crippen LogP contribution in [-0.4, -0.2) is 17.1 Å². The molecule has 0 fully saturated rings. The van der Waals surface area contributed by atoms with Gasteiger partial charge in [-0.05, 0) is 36.4 Å². The molecule has 0 aromatic heterocycles. The van der Waals surface area contributed by atoms with Gasteiger partial charge in [0.15, 0.2) is 5.75 Å². The van der Waals surface area contributed by atoms with E-state index in [9.17, 15) is 15.2 Å². The maximum atomic E-state index is 11.0. The van der Waals surface area contributed by atoms with Crippen molar-refractivity contribution in [1.29, 1.82) is 0 Å². The van der Waals surface area contributed by atoms with Crippen LogP contribution in [0.3, 0.4) is 0 Å². The summed E-state index contributed by atoms with van der Waals surface area (Å²) < 4.78 is 5.55. The van der Waals surface area contributed by atoms with E-state index in [1.54, 1.807) is 43.4 Å². The predicted molar refractivity (Wildman–Crippen MR) is 78.3 cm³/mol. The number of phenolic OH excluding ortho intramolecular Hbond substituents is 1. The minimum Gasteiger partial charge on any atom is -0.508 e. The number of benzene rings is 2. The van der Waals surface area contributed by atoms with Crippen LogP contribution in [0.5, 0.6) is 11.5 Å². The Labute approximate surface area is 122 Å². The van der Waals surface area contributed by atoms with Gasteiger partial charge in [0.05, 0.1) is 4.92 Å². The van der Waals surface area contributed by atoms with E-state index in [0.717, 1.165) is 11.1 Å². The SMILES string of the molecule is CNCc1ccc([N+](=O)[O-])c(OCc2cccc(O)c2)c1. The van der Waals surface area contributed by atoms with Crippen LogP contribution in [0, 0.1) is 10.1 Å². The van der Waals surface area contributed by atoms with Crippen molar-refractivity contribution in [2.45, 2.75) is 13.2 Å². The first-order chi connectivity index (χ1) is 10.1. The summed E-state index contributed by atoms with van der Waals surface area (Å²) in [6.07, 6.45) is 0. The van der Waals surface area contributed by atoms with Crippen molar-refractivity contribution in [2.24, 2.45) is 0 Å². The summed E-state index contributed by atoms with van der Waals surface area (Å²) in [6.45, 7) is 0.749. The molecule has 110 valence electrons. The molecule has 0 bridgehead atoms. The Balaban J connectivity index is 2.20. The van der Waals surface area contributed by atoms with Gasteiger partial charge >= 0.3 is 5.69 Å². The molecule has 6 heteroatoms.